The van der Waals surface area contributed by atoms with Gasteiger partial charge in [0.15, 0.2) is 0 Å². The van der Waals surface area contributed by atoms with Crippen molar-refractivity contribution in [3.63, 3.8) is 0 Å². The summed E-state index contributed by atoms with van der Waals surface area (Å²) in [6.07, 6.45) is 0. The predicted molar refractivity (Wildman–Crippen MR) is 75.8 cm³/mol. The fraction of sp³-hybridized carbons (Fsp3) is 0.333. The molecule has 1 heterocycles. The minimum absolute atomic E-state index is 0.151. The zero-order chi connectivity index (χ0) is 14.7. The molecule has 0 unspecified atom stereocenters. The van der Waals surface area contributed by atoms with Crippen molar-refractivity contribution in [3.05, 3.63) is 41.8 Å². The number of hydrogen-bond acceptors (Lipinski definition) is 2. The van der Waals surface area contributed by atoms with Gasteiger partial charge in [0, 0.05) is 19.2 Å². The number of aromatic nitrogens is 2. The molecule has 1 amide bonds. The third kappa shape index (κ3) is 3.23. The average molecular weight is 275 g/mol. The van der Waals surface area contributed by atoms with Crippen LogP contribution in [0.25, 0.3) is 11.3 Å². The topological polar surface area (TPSA) is 46.9 Å². The number of halogens is 1. The standard InChI is InChI=1S/C15H18FN3O/c1-10(2)9-17-15(20)14-8-13(18-19(14)3)11-4-6-12(16)7-5-11/h4-8,10H,9H2,1-3H3,(H,17,20). The molecule has 0 fully saturated rings. The van der Waals surface area contributed by atoms with Crippen LogP contribution in [0.1, 0.15) is 24.3 Å². The molecule has 2 aromatic rings. The van der Waals surface area contributed by atoms with Gasteiger partial charge in [0.1, 0.15) is 11.5 Å². The lowest BCUT2D eigenvalue weighted by Gasteiger charge is -2.06. The van der Waals surface area contributed by atoms with Crippen molar-refractivity contribution in [3.8, 4) is 11.3 Å². The Labute approximate surface area is 117 Å². The molecule has 106 valence electrons. The summed E-state index contributed by atoms with van der Waals surface area (Å²) in [5, 5.41) is 7.15. The van der Waals surface area contributed by atoms with Crippen LogP contribution in [0.15, 0.2) is 30.3 Å². The van der Waals surface area contributed by atoms with Crippen LogP contribution in [0.2, 0.25) is 0 Å². The highest BCUT2D eigenvalue weighted by Gasteiger charge is 2.14. The zero-order valence-electron chi connectivity index (χ0n) is 11.9. The highest BCUT2D eigenvalue weighted by atomic mass is 19.1. The van der Waals surface area contributed by atoms with E-state index in [0.717, 1.165) is 5.56 Å². The van der Waals surface area contributed by atoms with Crippen molar-refractivity contribution in [2.24, 2.45) is 13.0 Å². The first-order valence-electron chi connectivity index (χ1n) is 6.55. The van der Waals surface area contributed by atoms with E-state index in [2.05, 4.69) is 10.4 Å². The first-order valence-corrected chi connectivity index (χ1v) is 6.55. The molecule has 0 aliphatic heterocycles. The lowest BCUT2D eigenvalue weighted by atomic mass is 10.1. The van der Waals surface area contributed by atoms with Crippen LogP contribution in [0.3, 0.4) is 0 Å². The third-order valence-corrected chi connectivity index (χ3v) is 2.92. The number of benzene rings is 1. The van der Waals surface area contributed by atoms with Crippen LogP contribution in [0, 0.1) is 11.7 Å². The van der Waals surface area contributed by atoms with Crippen molar-refractivity contribution >= 4 is 5.91 Å². The molecule has 0 saturated heterocycles. The SMILES string of the molecule is CC(C)CNC(=O)c1cc(-c2ccc(F)cc2)nn1C. The maximum atomic E-state index is 12.9. The molecule has 1 aromatic carbocycles. The fourth-order valence-corrected chi connectivity index (χ4v) is 1.83. The molecule has 4 nitrogen and oxygen atoms in total. The lowest BCUT2D eigenvalue weighted by Crippen LogP contribution is -2.28. The van der Waals surface area contributed by atoms with E-state index >= 15 is 0 Å². The maximum Gasteiger partial charge on any atom is 0.269 e. The smallest absolute Gasteiger partial charge is 0.269 e. The molecule has 1 aromatic heterocycles. The van der Waals surface area contributed by atoms with Crippen LogP contribution in [0.5, 0.6) is 0 Å². The van der Waals surface area contributed by atoms with Crippen LogP contribution < -0.4 is 5.32 Å². The van der Waals surface area contributed by atoms with Gasteiger partial charge in [-0.1, -0.05) is 13.8 Å². The first kappa shape index (κ1) is 14.2. The van der Waals surface area contributed by atoms with E-state index < -0.39 is 0 Å². The fourth-order valence-electron chi connectivity index (χ4n) is 1.83. The molecule has 2 rings (SSSR count). The minimum Gasteiger partial charge on any atom is -0.350 e. The van der Waals surface area contributed by atoms with Crippen molar-refractivity contribution in [1.29, 1.82) is 0 Å². The van der Waals surface area contributed by atoms with Crippen molar-refractivity contribution < 1.29 is 9.18 Å². The summed E-state index contributed by atoms with van der Waals surface area (Å²) in [5.74, 6) is -0.0506. The van der Waals surface area contributed by atoms with Crippen molar-refractivity contribution in [1.82, 2.24) is 15.1 Å². The average Bonchev–Trinajstić information content (AvgIpc) is 2.79. The van der Waals surface area contributed by atoms with Gasteiger partial charge in [-0.2, -0.15) is 5.10 Å². The van der Waals surface area contributed by atoms with Gasteiger partial charge in [-0.15, -0.1) is 0 Å². The normalized spacial score (nSPS) is 10.8. The second-order valence-electron chi connectivity index (χ2n) is 5.15. The molecule has 5 heteroatoms. The Morgan fingerprint density at radius 1 is 1.35 bits per heavy atom. The number of aryl methyl sites for hydroxylation is 1. The Bertz CT molecular complexity index is 602. The number of rotatable bonds is 4. The summed E-state index contributed by atoms with van der Waals surface area (Å²) in [5.41, 5.74) is 1.93. The predicted octanol–water partition coefficient (Wildman–Crippen LogP) is 2.61. The maximum absolute atomic E-state index is 12.9. The molecule has 0 spiro atoms. The van der Waals surface area contributed by atoms with E-state index in [1.54, 1.807) is 25.2 Å². The van der Waals surface area contributed by atoms with Gasteiger partial charge < -0.3 is 5.32 Å². The van der Waals surface area contributed by atoms with Gasteiger partial charge in [0.25, 0.3) is 5.91 Å². The Balaban J connectivity index is 2.21. The van der Waals surface area contributed by atoms with Gasteiger partial charge in [0.05, 0.1) is 5.69 Å². The molecule has 0 atom stereocenters. The molecule has 0 bridgehead atoms. The summed E-state index contributed by atoms with van der Waals surface area (Å²) in [4.78, 5) is 12.0. The van der Waals surface area contributed by atoms with Gasteiger partial charge in [-0.05, 0) is 36.2 Å². The molecule has 0 radical (unpaired) electrons. The van der Waals surface area contributed by atoms with E-state index in [4.69, 9.17) is 0 Å². The summed E-state index contributed by atoms with van der Waals surface area (Å²) >= 11 is 0. The number of carbonyl (C=O) groups is 1. The summed E-state index contributed by atoms with van der Waals surface area (Å²) in [6.45, 7) is 4.69. The number of carbonyl (C=O) groups excluding carboxylic acids is 1. The second kappa shape index (κ2) is 5.86. The summed E-state index contributed by atoms with van der Waals surface area (Å²) < 4.78 is 14.4. The zero-order valence-corrected chi connectivity index (χ0v) is 11.9. The van der Waals surface area contributed by atoms with Crippen LogP contribution in [-0.4, -0.2) is 22.2 Å². The Hall–Kier alpha value is -2.17. The minimum atomic E-state index is -0.292. The van der Waals surface area contributed by atoms with Gasteiger partial charge >= 0.3 is 0 Å². The van der Waals surface area contributed by atoms with Crippen molar-refractivity contribution in [2.75, 3.05) is 6.54 Å². The monoisotopic (exact) mass is 275 g/mol. The van der Waals surface area contributed by atoms with E-state index in [-0.39, 0.29) is 11.7 Å². The van der Waals surface area contributed by atoms with Crippen molar-refractivity contribution in [2.45, 2.75) is 13.8 Å². The van der Waals surface area contributed by atoms with Gasteiger partial charge in [0.2, 0.25) is 0 Å². The van der Waals surface area contributed by atoms with E-state index in [9.17, 15) is 9.18 Å². The Kier molecular flexibility index (Phi) is 4.17. The number of nitrogens with one attached hydrogen (secondary N) is 1. The van der Waals surface area contributed by atoms with Crippen LogP contribution in [-0.2, 0) is 7.05 Å². The third-order valence-electron chi connectivity index (χ3n) is 2.92. The molecule has 20 heavy (non-hydrogen) atoms. The number of amides is 1. The quantitative estimate of drug-likeness (QED) is 0.932. The largest absolute Gasteiger partial charge is 0.350 e. The molecule has 0 aliphatic carbocycles. The lowest BCUT2D eigenvalue weighted by molar-refractivity contribution is 0.0939. The molecular formula is C15H18FN3O. The van der Waals surface area contributed by atoms with Crippen LogP contribution >= 0.6 is 0 Å². The summed E-state index contributed by atoms with van der Waals surface area (Å²) in [6, 6.07) is 7.76. The number of nitrogens with zero attached hydrogens (tertiary/aromatic N) is 2. The number of hydrogen-bond donors (Lipinski definition) is 1. The Morgan fingerprint density at radius 2 is 2.00 bits per heavy atom. The highest BCUT2D eigenvalue weighted by molar-refractivity contribution is 5.93. The molecule has 0 saturated carbocycles. The first-order chi connectivity index (χ1) is 9.47. The van der Waals surface area contributed by atoms with E-state index in [1.165, 1.54) is 16.8 Å². The summed E-state index contributed by atoms with van der Waals surface area (Å²) in [7, 11) is 1.72. The van der Waals surface area contributed by atoms with E-state index in [0.29, 0.717) is 23.9 Å². The Morgan fingerprint density at radius 3 is 2.60 bits per heavy atom. The molecular weight excluding hydrogens is 257 g/mol. The van der Waals surface area contributed by atoms with Crippen LogP contribution in [0.4, 0.5) is 4.39 Å². The van der Waals surface area contributed by atoms with Gasteiger partial charge in [-0.25, -0.2) is 4.39 Å². The van der Waals surface area contributed by atoms with E-state index in [1.807, 2.05) is 13.8 Å². The highest BCUT2D eigenvalue weighted by Crippen LogP contribution is 2.19. The van der Waals surface area contributed by atoms with Gasteiger partial charge in [-0.3, -0.25) is 9.48 Å². The molecule has 0 aliphatic rings. The molecule has 1 N–H and O–H groups in total. The second-order valence-corrected chi connectivity index (χ2v) is 5.15.